The van der Waals surface area contributed by atoms with E-state index in [-0.39, 0.29) is 29.8 Å². The van der Waals surface area contributed by atoms with Gasteiger partial charge in [-0.25, -0.2) is 0 Å². The van der Waals surface area contributed by atoms with Crippen LogP contribution in [0, 0.1) is 11.8 Å². The minimum Gasteiger partial charge on any atom is -0.469 e. The maximum atomic E-state index is 11.4. The van der Waals surface area contributed by atoms with Crippen molar-refractivity contribution in [3.63, 3.8) is 0 Å². The van der Waals surface area contributed by atoms with E-state index in [0.717, 1.165) is 13.1 Å². The van der Waals surface area contributed by atoms with E-state index >= 15 is 0 Å². The highest BCUT2D eigenvalue weighted by Crippen LogP contribution is 1.98. The van der Waals surface area contributed by atoms with Crippen LogP contribution in [0.25, 0.3) is 0 Å². The molecule has 0 heterocycles. The number of carbonyl (C=O) groups is 2. The summed E-state index contributed by atoms with van der Waals surface area (Å²) in [5, 5.41) is 2.88. The zero-order chi connectivity index (χ0) is 17.9. The monoisotopic (exact) mass is 317 g/mol. The van der Waals surface area contributed by atoms with Crippen molar-refractivity contribution in [3.05, 3.63) is 0 Å². The van der Waals surface area contributed by atoms with Crippen molar-refractivity contribution in [1.82, 2.24) is 15.1 Å². The molecule has 0 bridgehead atoms. The van der Waals surface area contributed by atoms with Crippen molar-refractivity contribution in [2.75, 3.05) is 48.4 Å². The van der Waals surface area contributed by atoms with Gasteiger partial charge in [0.2, 0.25) is 5.91 Å². The SMILES string of the molecule is CC(C)NC(=O)C(C)CN(C)C.COC(=O)C(C)CN(C)C. The third-order valence-electron chi connectivity index (χ3n) is 2.76. The molecule has 0 aromatic heterocycles. The number of hydrogen-bond acceptors (Lipinski definition) is 5. The number of ether oxygens (including phenoxy) is 1. The van der Waals surface area contributed by atoms with Crippen LogP contribution >= 0.6 is 0 Å². The Morgan fingerprint density at radius 1 is 0.909 bits per heavy atom. The van der Waals surface area contributed by atoms with Gasteiger partial charge in [0.25, 0.3) is 0 Å². The molecule has 1 amide bonds. The van der Waals surface area contributed by atoms with Crippen LogP contribution in [0.1, 0.15) is 27.7 Å². The summed E-state index contributed by atoms with van der Waals surface area (Å²) < 4.78 is 4.55. The molecule has 0 fully saturated rings. The van der Waals surface area contributed by atoms with Gasteiger partial charge >= 0.3 is 5.97 Å². The first kappa shape index (κ1) is 23.1. The number of hydrogen-bond donors (Lipinski definition) is 1. The Bertz CT molecular complexity index is 318. The summed E-state index contributed by atoms with van der Waals surface area (Å²) in [4.78, 5) is 26.1. The van der Waals surface area contributed by atoms with Gasteiger partial charge < -0.3 is 19.9 Å². The van der Waals surface area contributed by atoms with Crippen LogP contribution in [0.4, 0.5) is 0 Å². The third kappa shape index (κ3) is 13.8. The van der Waals surface area contributed by atoms with Crippen molar-refractivity contribution >= 4 is 11.9 Å². The molecule has 0 aliphatic carbocycles. The summed E-state index contributed by atoms with van der Waals surface area (Å²) in [6.45, 7) is 9.29. The maximum Gasteiger partial charge on any atom is 0.309 e. The minimum absolute atomic E-state index is 0.0278. The van der Waals surface area contributed by atoms with Gasteiger partial charge in [0.1, 0.15) is 0 Å². The average molecular weight is 317 g/mol. The van der Waals surface area contributed by atoms with E-state index in [1.54, 1.807) is 0 Å². The molecule has 6 nitrogen and oxygen atoms in total. The minimum atomic E-state index is -0.145. The molecule has 2 unspecified atom stereocenters. The van der Waals surface area contributed by atoms with Crippen molar-refractivity contribution in [2.24, 2.45) is 11.8 Å². The number of rotatable bonds is 7. The van der Waals surface area contributed by atoms with E-state index in [4.69, 9.17) is 0 Å². The summed E-state index contributed by atoms with van der Waals surface area (Å²) in [7, 11) is 9.21. The summed E-state index contributed by atoms with van der Waals surface area (Å²) >= 11 is 0. The van der Waals surface area contributed by atoms with Crippen molar-refractivity contribution in [2.45, 2.75) is 33.7 Å². The van der Waals surface area contributed by atoms with Crippen LogP contribution in [-0.2, 0) is 14.3 Å². The molecule has 2 atom stereocenters. The average Bonchev–Trinajstić information content (AvgIpc) is 2.36. The van der Waals surface area contributed by atoms with Crippen molar-refractivity contribution in [3.8, 4) is 0 Å². The van der Waals surface area contributed by atoms with Crippen LogP contribution in [0.15, 0.2) is 0 Å². The Morgan fingerprint density at radius 2 is 1.32 bits per heavy atom. The fraction of sp³-hybridized carbons (Fsp3) is 0.875. The fourth-order valence-corrected chi connectivity index (χ4v) is 1.88. The predicted octanol–water partition coefficient (Wildman–Crippen LogP) is 1.07. The van der Waals surface area contributed by atoms with E-state index in [1.807, 2.05) is 65.7 Å². The Balaban J connectivity index is 0. The lowest BCUT2D eigenvalue weighted by molar-refractivity contribution is -0.145. The van der Waals surface area contributed by atoms with Crippen LogP contribution in [0.2, 0.25) is 0 Å². The summed E-state index contributed by atoms with van der Waals surface area (Å²) in [6.07, 6.45) is 0. The number of carbonyl (C=O) groups excluding carboxylic acids is 2. The molecule has 0 saturated heterocycles. The third-order valence-corrected chi connectivity index (χ3v) is 2.76. The van der Waals surface area contributed by atoms with E-state index in [0.29, 0.717) is 0 Å². The molecule has 22 heavy (non-hydrogen) atoms. The second-order valence-electron chi connectivity index (χ2n) is 6.51. The number of methoxy groups -OCH3 is 1. The van der Waals surface area contributed by atoms with Gasteiger partial charge in [0.15, 0.2) is 0 Å². The lowest BCUT2D eigenvalue weighted by Gasteiger charge is -2.17. The molecule has 1 N–H and O–H groups in total. The molecule has 0 saturated carbocycles. The van der Waals surface area contributed by atoms with Gasteiger partial charge in [0, 0.05) is 25.0 Å². The van der Waals surface area contributed by atoms with Crippen molar-refractivity contribution < 1.29 is 14.3 Å². The van der Waals surface area contributed by atoms with Gasteiger partial charge in [-0.1, -0.05) is 13.8 Å². The Morgan fingerprint density at radius 3 is 1.64 bits per heavy atom. The van der Waals surface area contributed by atoms with Crippen LogP contribution in [-0.4, -0.2) is 76.1 Å². The van der Waals surface area contributed by atoms with Gasteiger partial charge in [-0.05, 0) is 42.0 Å². The number of nitrogens with one attached hydrogen (secondary N) is 1. The zero-order valence-corrected chi connectivity index (χ0v) is 15.8. The first-order valence-electron chi connectivity index (χ1n) is 7.68. The second-order valence-corrected chi connectivity index (χ2v) is 6.51. The second kappa shape index (κ2) is 12.4. The first-order chi connectivity index (χ1) is 10.0. The number of esters is 1. The van der Waals surface area contributed by atoms with Crippen LogP contribution in [0.3, 0.4) is 0 Å². The number of nitrogens with zero attached hydrogens (tertiary/aromatic N) is 2. The largest absolute Gasteiger partial charge is 0.469 e. The van der Waals surface area contributed by atoms with Gasteiger partial charge in [-0.2, -0.15) is 0 Å². The highest BCUT2D eigenvalue weighted by atomic mass is 16.5. The van der Waals surface area contributed by atoms with Gasteiger partial charge in [-0.3, -0.25) is 9.59 Å². The normalized spacial score (nSPS) is 13.5. The molecule has 6 heteroatoms. The first-order valence-corrected chi connectivity index (χ1v) is 7.68. The highest BCUT2D eigenvalue weighted by Gasteiger charge is 2.14. The molecule has 0 aliphatic heterocycles. The molecule has 0 aliphatic rings. The lowest BCUT2D eigenvalue weighted by atomic mass is 10.1. The maximum absolute atomic E-state index is 11.4. The number of amides is 1. The summed E-state index contributed by atoms with van der Waals surface area (Å²) in [5.74, 6) is 0.0369. The van der Waals surface area contributed by atoms with E-state index in [9.17, 15) is 9.59 Å². The summed E-state index contributed by atoms with van der Waals surface area (Å²) in [5.41, 5.74) is 0. The van der Waals surface area contributed by atoms with Crippen LogP contribution in [0.5, 0.6) is 0 Å². The molecule has 0 radical (unpaired) electrons. The van der Waals surface area contributed by atoms with E-state index < -0.39 is 0 Å². The Hall–Kier alpha value is -1.14. The molecular weight excluding hydrogens is 282 g/mol. The lowest BCUT2D eigenvalue weighted by Crippen LogP contribution is -2.38. The van der Waals surface area contributed by atoms with Crippen molar-refractivity contribution in [1.29, 1.82) is 0 Å². The smallest absolute Gasteiger partial charge is 0.309 e. The molecule has 0 aromatic carbocycles. The topological polar surface area (TPSA) is 61.9 Å². The van der Waals surface area contributed by atoms with E-state index in [2.05, 4.69) is 10.1 Å². The van der Waals surface area contributed by atoms with E-state index in [1.165, 1.54) is 7.11 Å². The molecule has 0 aromatic rings. The standard InChI is InChI=1S/C9H20N2O.C7H15NO2/c1-7(2)10-9(12)8(3)6-11(4)5;1-6(5-8(2)3)7(9)10-4/h7-8H,6H2,1-5H3,(H,10,12);6H,5H2,1-4H3. The van der Waals surface area contributed by atoms with Crippen LogP contribution < -0.4 is 5.32 Å². The zero-order valence-electron chi connectivity index (χ0n) is 15.8. The quantitative estimate of drug-likeness (QED) is 0.712. The Labute approximate surface area is 136 Å². The fourth-order valence-electron chi connectivity index (χ4n) is 1.88. The predicted molar refractivity (Wildman–Crippen MR) is 90.7 cm³/mol. The summed E-state index contributed by atoms with van der Waals surface area (Å²) in [6, 6.07) is 0.238. The molecule has 132 valence electrons. The van der Waals surface area contributed by atoms with Gasteiger partial charge in [0.05, 0.1) is 13.0 Å². The Kier molecular flexibility index (Phi) is 13.0. The van der Waals surface area contributed by atoms with Gasteiger partial charge in [-0.15, -0.1) is 0 Å². The molecule has 0 rings (SSSR count). The molecule has 0 spiro atoms. The highest BCUT2D eigenvalue weighted by molar-refractivity contribution is 5.78. The molecular formula is C16H35N3O3.